The van der Waals surface area contributed by atoms with Crippen LogP contribution in [0.4, 0.5) is 0 Å². The van der Waals surface area contributed by atoms with Crippen LogP contribution in [0.2, 0.25) is 0 Å². The van der Waals surface area contributed by atoms with E-state index in [-0.39, 0.29) is 18.3 Å². The van der Waals surface area contributed by atoms with E-state index < -0.39 is 0 Å². The number of aliphatic hydroxyl groups excluding tert-OH is 1. The highest BCUT2D eigenvalue weighted by molar-refractivity contribution is 4.82. The van der Waals surface area contributed by atoms with Gasteiger partial charge in [-0.3, -0.25) is 0 Å². The summed E-state index contributed by atoms with van der Waals surface area (Å²) in [6.07, 6.45) is 0.840. The molecule has 0 saturated carbocycles. The summed E-state index contributed by atoms with van der Waals surface area (Å²) in [5, 5.41) is 18.3. The first-order chi connectivity index (χ1) is 5.61. The number of rotatable bonds is 6. The van der Waals surface area contributed by atoms with Crippen LogP contribution in [-0.2, 0) is 0 Å². The van der Waals surface area contributed by atoms with E-state index in [4.69, 9.17) is 5.11 Å². The second-order valence-electron chi connectivity index (χ2n) is 3.20. The van der Waals surface area contributed by atoms with Crippen LogP contribution in [0.25, 0.3) is 0 Å². The summed E-state index contributed by atoms with van der Waals surface area (Å²) >= 11 is 0. The molecule has 1 unspecified atom stereocenters. The van der Waals surface area contributed by atoms with Crippen molar-refractivity contribution in [3.63, 3.8) is 0 Å². The molecular formula is C8H21N3O. The van der Waals surface area contributed by atoms with Crippen molar-refractivity contribution >= 4 is 0 Å². The van der Waals surface area contributed by atoms with E-state index in [1.807, 2.05) is 21.1 Å². The first-order valence-electron chi connectivity index (χ1n) is 4.27. The van der Waals surface area contributed by atoms with Gasteiger partial charge in [0.05, 0.1) is 12.3 Å². The van der Waals surface area contributed by atoms with Gasteiger partial charge in [-0.1, -0.05) is 0 Å². The van der Waals surface area contributed by atoms with Crippen molar-refractivity contribution in [2.24, 2.45) is 0 Å². The van der Waals surface area contributed by atoms with Gasteiger partial charge >= 0.3 is 0 Å². The average Bonchev–Trinajstić information content (AvgIpc) is 2.14. The van der Waals surface area contributed by atoms with Crippen molar-refractivity contribution in [3.8, 4) is 0 Å². The van der Waals surface area contributed by atoms with Crippen LogP contribution >= 0.6 is 0 Å². The Morgan fingerprint density at radius 2 is 1.75 bits per heavy atom. The molecule has 0 aliphatic carbocycles. The van der Waals surface area contributed by atoms with E-state index in [1.54, 1.807) is 0 Å². The van der Waals surface area contributed by atoms with Crippen molar-refractivity contribution in [1.29, 1.82) is 0 Å². The highest BCUT2D eigenvalue weighted by Crippen LogP contribution is 2.06. The minimum absolute atomic E-state index is 0.115. The smallest absolute Gasteiger partial charge is 0.0669 e. The Balaban J connectivity index is 3.99. The number of hydrogen-bond acceptors (Lipinski definition) is 4. The number of hydrogen-bond donors (Lipinski definition) is 4. The Morgan fingerprint density at radius 3 is 2.00 bits per heavy atom. The second kappa shape index (κ2) is 5.48. The fourth-order valence-electron chi connectivity index (χ4n) is 1.08. The fourth-order valence-corrected chi connectivity index (χ4v) is 1.08. The summed E-state index contributed by atoms with van der Waals surface area (Å²) in [5.41, 5.74) is -0.115. The van der Waals surface area contributed by atoms with Crippen LogP contribution in [0, 0.1) is 0 Å². The summed E-state index contributed by atoms with van der Waals surface area (Å²) in [7, 11) is 5.66. The van der Waals surface area contributed by atoms with Crippen molar-refractivity contribution in [1.82, 2.24) is 16.0 Å². The molecule has 12 heavy (non-hydrogen) atoms. The minimum Gasteiger partial charge on any atom is -0.395 e. The third-order valence-corrected chi connectivity index (χ3v) is 2.39. The Morgan fingerprint density at radius 1 is 1.25 bits per heavy atom. The van der Waals surface area contributed by atoms with Crippen LogP contribution in [0.5, 0.6) is 0 Å². The maximum atomic E-state index is 8.96. The lowest BCUT2D eigenvalue weighted by atomic mass is 10.0. The standard InChI is InChI=1S/C8H21N3O/c1-8(10-3,11-4)5-7(6-12)9-2/h7,9-12H,5-6H2,1-4H3. The molecule has 4 nitrogen and oxygen atoms in total. The Hall–Kier alpha value is -0.160. The van der Waals surface area contributed by atoms with Crippen LogP contribution < -0.4 is 16.0 Å². The zero-order chi connectivity index (χ0) is 9.61. The van der Waals surface area contributed by atoms with Crippen molar-refractivity contribution in [3.05, 3.63) is 0 Å². The normalized spacial score (nSPS) is 14.8. The fraction of sp³-hybridized carbons (Fsp3) is 1.00. The van der Waals surface area contributed by atoms with Gasteiger partial charge in [0.25, 0.3) is 0 Å². The maximum Gasteiger partial charge on any atom is 0.0669 e. The predicted molar refractivity (Wildman–Crippen MR) is 51.1 cm³/mol. The van der Waals surface area contributed by atoms with Crippen molar-refractivity contribution in [2.75, 3.05) is 27.7 Å². The van der Waals surface area contributed by atoms with Crippen LogP contribution in [0.3, 0.4) is 0 Å². The van der Waals surface area contributed by atoms with E-state index in [1.165, 1.54) is 0 Å². The average molecular weight is 175 g/mol. The van der Waals surface area contributed by atoms with E-state index in [9.17, 15) is 0 Å². The molecule has 1 atom stereocenters. The summed E-state index contributed by atoms with van der Waals surface area (Å²) in [6.45, 7) is 2.22. The molecule has 0 bridgehead atoms. The molecule has 0 radical (unpaired) electrons. The van der Waals surface area contributed by atoms with Gasteiger partial charge in [0.2, 0.25) is 0 Å². The molecule has 4 N–H and O–H groups in total. The quantitative estimate of drug-likeness (QED) is 0.396. The second-order valence-corrected chi connectivity index (χ2v) is 3.20. The molecule has 4 heteroatoms. The Bertz CT molecular complexity index is 111. The first-order valence-corrected chi connectivity index (χ1v) is 4.27. The molecule has 74 valence electrons. The van der Waals surface area contributed by atoms with E-state index in [0.29, 0.717) is 0 Å². The highest BCUT2D eigenvalue weighted by atomic mass is 16.3. The van der Waals surface area contributed by atoms with Gasteiger partial charge < -0.3 is 21.1 Å². The van der Waals surface area contributed by atoms with Crippen LogP contribution in [0.15, 0.2) is 0 Å². The maximum absolute atomic E-state index is 8.96. The molecule has 0 saturated heterocycles. The molecule has 0 aromatic heterocycles. The molecular weight excluding hydrogens is 154 g/mol. The number of aliphatic hydroxyl groups is 1. The van der Waals surface area contributed by atoms with Gasteiger partial charge in [0.1, 0.15) is 0 Å². The Labute approximate surface area is 74.7 Å². The topological polar surface area (TPSA) is 56.3 Å². The zero-order valence-corrected chi connectivity index (χ0v) is 8.44. The molecule has 0 aliphatic heterocycles. The minimum atomic E-state index is -0.115. The summed E-state index contributed by atoms with van der Waals surface area (Å²) in [5.74, 6) is 0. The van der Waals surface area contributed by atoms with Gasteiger partial charge in [-0.05, 0) is 34.5 Å². The lowest BCUT2D eigenvalue weighted by Gasteiger charge is -2.32. The van der Waals surface area contributed by atoms with E-state index in [2.05, 4.69) is 22.9 Å². The summed E-state index contributed by atoms with van der Waals surface area (Å²) in [4.78, 5) is 0. The van der Waals surface area contributed by atoms with Crippen LogP contribution in [0.1, 0.15) is 13.3 Å². The lowest BCUT2D eigenvalue weighted by molar-refractivity contribution is 0.193. The largest absolute Gasteiger partial charge is 0.395 e. The lowest BCUT2D eigenvalue weighted by Crippen LogP contribution is -2.55. The molecule has 0 aliphatic rings. The van der Waals surface area contributed by atoms with Gasteiger partial charge in [0.15, 0.2) is 0 Å². The summed E-state index contributed by atoms with van der Waals surface area (Å²) in [6, 6.07) is 0.134. The molecule has 0 rings (SSSR count). The highest BCUT2D eigenvalue weighted by Gasteiger charge is 2.22. The van der Waals surface area contributed by atoms with Gasteiger partial charge in [-0.2, -0.15) is 0 Å². The third kappa shape index (κ3) is 3.49. The number of likely N-dealkylation sites (N-methyl/N-ethyl adjacent to an activating group) is 1. The molecule has 0 amide bonds. The monoisotopic (exact) mass is 175 g/mol. The first kappa shape index (κ1) is 11.8. The zero-order valence-electron chi connectivity index (χ0n) is 8.44. The predicted octanol–water partition coefficient (Wildman–Crippen LogP) is -0.888. The Kier molecular flexibility index (Phi) is 5.41. The van der Waals surface area contributed by atoms with E-state index in [0.717, 1.165) is 6.42 Å². The van der Waals surface area contributed by atoms with Crippen molar-refractivity contribution in [2.45, 2.75) is 25.0 Å². The third-order valence-electron chi connectivity index (χ3n) is 2.39. The van der Waals surface area contributed by atoms with Gasteiger partial charge in [0, 0.05) is 6.04 Å². The molecule has 0 fully saturated rings. The summed E-state index contributed by atoms with van der Waals surface area (Å²) < 4.78 is 0. The molecule has 0 spiro atoms. The van der Waals surface area contributed by atoms with Crippen molar-refractivity contribution < 1.29 is 5.11 Å². The molecule has 0 heterocycles. The van der Waals surface area contributed by atoms with Gasteiger partial charge in [-0.15, -0.1) is 0 Å². The van der Waals surface area contributed by atoms with E-state index >= 15 is 0 Å². The molecule has 0 aromatic rings. The van der Waals surface area contributed by atoms with Gasteiger partial charge in [-0.25, -0.2) is 0 Å². The SMILES string of the molecule is CNC(CO)CC(C)(NC)NC. The molecule has 0 aromatic carbocycles. The number of nitrogens with one attached hydrogen (secondary N) is 3. The van der Waals surface area contributed by atoms with Crippen LogP contribution in [-0.4, -0.2) is 44.6 Å².